The third-order valence-electron chi connectivity index (χ3n) is 6.19. The highest BCUT2D eigenvalue weighted by molar-refractivity contribution is 5.97. The van der Waals surface area contributed by atoms with Crippen LogP contribution in [0, 0.1) is 0 Å². The molecule has 1 fully saturated rings. The van der Waals surface area contributed by atoms with E-state index in [1.165, 1.54) is 0 Å². The molecule has 0 bridgehead atoms. The van der Waals surface area contributed by atoms with E-state index in [1.54, 1.807) is 32.4 Å². The molecule has 2 aliphatic rings. The summed E-state index contributed by atoms with van der Waals surface area (Å²) in [5, 5.41) is 8.00. The van der Waals surface area contributed by atoms with Gasteiger partial charge in [0.1, 0.15) is 11.4 Å². The molecule has 1 atom stereocenters. The standard InChI is InChI=1S/C22H27N5O3.C5H9NO.C2H6.CH4/c1-3-19-22(29)25-18-12-15(4-7-20(18)30-19)14-26-8-10-27(11-9-26)16-5-6-17(24-13-16)21(28)23-2;1-3-4-5(7)6-2;1-2;/h4-7,12-13,19H,3,8-11,14H2,1-2H3,(H,23,28)(H,25,29);3H,1,4H2,2H3,(H,6,7);1-2H3;1H4. The number of aromatic nitrogens is 1. The number of nitrogens with zero attached hydrogens (tertiary/aromatic N) is 3. The van der Waals surface area contributed by atoms with E-state index >= 15 is 0 Å². The van der Waals surface area contributed by atoms with E-state index in [4.69, 9.17) is 4.74 Å². The molecule has 220 valence electrons. The molecule has 1 unspecified atom stereocenters. The number of anilines is 2. The quantitative estimate of drug-likeness (QED) is 0.446. The largest absolute Gasteiger partial charge is 0.478 e. The minimum absolute atomic E-state index is 0. The van der Waals surface area contributed by atoms with Gasteiger partial charge in [0.2, 0.25) is 5.91 Å². The van der Waals surface area contributed by atoms with Crippen molar-refractivity contribution in [1.29, 1.82) is 0 Å². The molecule has 1 saturated heterocycles. The number of piperazine rings is 1. The minimum Gasteiger partial charge on any atom is -0.478 e. The Morgan fingerprint density at radius 3 is 2.35 bits per heavy atom. The molecule has 10 heteroatoms. The maximum atomic E-state index is 12.1. The van der Waals surface area contributed by atoms with Gasteiger partial charge in [-0.3, -0.25) is 19.3 Å². The zero-order valence-electron chi connectivity index (χ0n) is 23.8. The van der Waals surface area contributed by atoms with Crippen molar-refractivity contribution in [2.24, 2.45) is 0 Å². The highest BCUT2D eigenvalue weighted by atomic mass is 16.5. The van der Waals surface area contributed by atoms with E-state index < -0.39 is 6.10 Å². The van der Waals surface area contributed by atoms with Crippen LogP contribution >= 0.6 is 0 Å². The predicted octanol–water partition coefficient (Wildman–Crippen LogP) is 3.84. The van der Waals surface area contributed by atoms with Crippen molar-refractivity contribution < 1.29 is 19.1 Å². The van der Waals surface area contributed by atoms with E-state index in [9.17, 15) is 14.4 Å². The Morgan fingerprint density at radius 2 is 1.82 bits per heavy atom. The van der Waals surface area contributed by atoms with Crippen molar-refractivity contribution in [2.45, 2.75) is 53.7 Å². The number of hydrogen-bond donors (Lipinski definition) is 3. The number of carbonyl (C=O) groups excluding carboxylic acids is 3. The second kappa shape index (κ2) is 17.6. The molecule has 0 radical (unpaired) electrons. The Labute approximate surface area is 239 Å². The lowest BCUT2D eigenvalue weighted by Crippen LogP contribution is -2.46. The lowest BCUT2D eigenvalue weighted by molar-refractivity contribution is -0.123. The normalized spacial score (nSPS) is 15.7. The molecule has 3 heterocycles. The first-order valence-corrected chi connectivity index (χ1v) is 13.5. The summed E-state index contributed by atoms with van der Waals surface area (Å²) < 4.78 is 5.77. The summed E-state index contributed by atoms with van der Waals surface area (Å²) in [4.78, 5) is 42.8. The Bertz CT molecular complexity index is 1100. The Hall–Kier alpha value is -3.92. The van der Waals surface area contributed by atoms with Gasteiger partial charge in [0.05, 0.1) is 17.6 Å². The Morgan fingerprint density at radius 1 is 1.12 bits per heavy atom. The third-order valence-corrected chi connectivity index (χ3v) is 6.19. The Kier molecular flexibility index (Phi) is 15.0. The van der Waals surface area contributed by atoms with E-state index in [1.807, 2.05) is 39.0 Å². The molecule has 3 amide bonds. The first-order valence-electron chi connectivity index (χ1n) is 13.5. The van der Waals surface area contributed by atoms with Crippen molar-refractivity contribution in [3.63, 3.8) is 0 Å². The first-order chi connectivity index (χ1) is 18.9. The van der Waals surface area contributed by atoms with Gasteiger partial charge in [-0.2, -0.15) is 0 Å². The van der Waals surface area contributed by atoms with Crippen LogP contribution in [-0.2, 0) is 16.1 Å². The van der Waals surface area contributed by atoms with Crippen molar-refractivity contribution >= 4 is 29.1 Å². The van der Waals surface area contributed by atoms with Crippen LogP contribution in [-0.4, -0.2) is 74.0 Å². The molecule has 1 aromatic heterocycles. The van der Waals surface area contributed by atoms with Gasteiger partial charge in [-0.15, -0.1) is 6.58 Å². The van der Waals surface area contributed by atoms with Crippen LogP contribution in [0.15, 0.2) is 49.2 Å². The second-order valence-electron chi connectivity index (χ2n) is 8.74. The van der Waals surface area contributed by atoms with Gasteiger partial charge in [-0.1, -0.05) is 40.3 Å². The van der Waals surface area contributed by atoms with Crippen molar-refractivity contribution in [3.05, 3.63) is 60.4 Å². The van der Waals surface area contributed by atoms with Gasteiger partial charge < -0.3 is 25.6 Å². The number of fused-ring (bicyclic) bond motifs is 1. The molecule has 0 saturated carbocycles. The number of amides is 3. The lowest BCUT2D eigenvalue weighted by atomic mass is 10.1. The van der Waals surface area contributed by atoms with Crippen LogP contribution in [0.5, 0.6) is 5.75 Å². The van der Waals surface area contributed by atoms with Crippen LogP contribution < -0.4 is 25.6 Å². The van der Waals surface area contributed by atoms with Crippen LogP contribution in [0.4, 0.5) is 11.4 Å². The van der Waals surface area contributed by atoms with E-state index in [2.05, 4.69) is 43.4 Å². The number of rotatable bonds is 7. The second-order valence-corrected chi connectivity index (χ2v) is 8.74. The molecular weight excluding hydrogens is 508 g/mol. The molecular formula is C30H46N6O4. The zero-order valence-corrected chi connectivity index (χ0v) is 23.8. The summed E-state index contributed by atoms with van der Waals surface area (Å²) in [5.74, 6) is 0.493. The fourth-order valence-corrected chi connectivity index (χ4v) is 4.06. The molecule has 10 nitrogen and oxygen atoms in total. The topological polar surface area (TPSA) is 116 Å². The monoisotopic (exact) mass is 554 g/mol. The highest BCUT2D eigenvalue weighted by Gasteiger charge is 2.26. The SMILES string of the molecule is C.C=CCC(=O)NC.CC.CCC1Oc2ccc(CN3CCN(c4ccc(C(=O)NC)nc4)CC3)cc2NC1=O. The minimum atomic E-state index is -0.406. The number of pyridine rings is 1. The van der Waals surface area contributed by atoms with Crippen LogP contribution in [0.1, 0.15) is 57.1 Å². The smallest absolute Gasteiger partial charge is 0.269 e. The summed E-state index contributed by atoms with van der Waals surface area (Å²) in [6.07, 6.45) is 3.99. The molecule has 1 aromatic carbocycles. The Balaban J connectivity index is 0.000000702. The molecule has 0 spiro atoms. The molecule has 0 aliphatic carbocycles. The molecule has 4 rings (SSSR count). The van der Waals surface area contributed by atoms with Gasteiger partial charge in [0.25, 0.3) is 11.8 Å². The van der Waals surface area contributed by atoms with Crippen molar-refractivity contribution in [3.8, 4) is 5.75 Å². The van der Waals surface area contributed by atoms with Gasteiger partial charge in [-0.05, 0) is 36.2 Å². The number of benzene rings is 1. The summed E-state index contributed by atoms with van der Waals surface area (Å²) in [6, 6.07) is 9.72. The average molecular weight is 555 g/mol. The van der Waals surface area contributed by atoms with Gasteiger partial charge in [0.15, 0.2) is 6.10 Å². The van der Waals surface area contributed by atoms with E-state index in [0.29, 0.717) is 18.5 Å². The van der Waals surface area contributed by atoms with Crippen LogP contribution in [0.3, 0.4) is 0 Å². The first kappa shape index (κ1) is 34.1. The third kappa shape index (κ3) is 9.68. The number of hydrogen-bond acceptors (Lipinski definition) is 7. The fourth-order valence-electron chi connectivity index (χ4n) is 4.06. The van der Waals surface area contributed by atoms with Gasteiger partial charge in [0, 0.05) is 53.2 Å². The van der Waals surface area contributed by atoms with Crippen LogP contribution in [0.25, 0.3) is 0 Å². The maximum Gasteiger partial charge on any atom is 0.269 e. The summed E-state index contributed by atoms with van der Waals surface area (Å²) in [6.45, 7) is 13.8. The molecule has 3 N–H and O–H groups in total. The van der Waals surface area contributed by atoms with E-state index in [0.717, 1.165) is 55.4 Å². The predicted molar refractivity (Wildman–Crippen MR) is 162 cm³/mol. The number of carbonyl (C=O) groups is 3. The molecule has 40 heavy (non-hydrogen) atoms. The summed E-state index contributed by atoms with van der Waals surface area (Å²) in [7, 11) is 3.20. The molecule has 2 aromatic rings. The number of nitrogens with one attached hydrogen (secondary N) is 3. The van der Waals surface area contributed by atoms with E-state index in [-0.39, 0.29) is 25.1 Å². The summed E-state index contributed by atoms with van der Waals surface area (Å²) in [5.41, 5.74) is 3.36. The zero-order chi connectivity index (χ0) is 28.8. The van der Waals surface area contributed by atoms with Crippen molar-refractivity contribution in [1.82, 2.24) is 20.5 Å². The average Bonchev–Trinajstić information content (AvgIpc) is 2.98. The fraction of sp³-hybridized carbons (Fsp3) is 0.467. The summed E-state index contributed by atoms with van der Waals surface area (Å²) >= 11 is 0. The highest BCUT2D eigenvalue weighted by Crippen LogP contribution is 2.31. The van der Waals surface area contributed by atoms with Crippen LogP contribution in [0.2, 0.25) is 0 Å². The molecule has 2 aliphatic heterocycles. The van der Waals surface area contributed by atoms with Crippen molar-refractivity contribution in [2.75, 3.05) is 50.5 Å². The van der Waals surface area contributed by atoms with Gasteiger partial charge >= 0.3 is 0 Å². The lowest BCUT2D eigenvalue weighted by Gasteiger charge is -2.36. The van der Waals surface area contributed by atoms with Gasteiger partial charge in [-0.25, -0.2) is 4.98 Å². The number of ether oxygens (including phenoxy) is 1. The maximum absolute atomic E-state index is 12.1.